The topological polar surface area (TPSA) is 139 Å². The van der Waals surface area contributed by atoms with E-state index in [0.717, 1.165) is 0 Å². The number of nitrogens with one attached hydrogen (secondary N) is 2. The van der Waals surface area contributed by atoms with Gasteiger partial charge in [0.25, 0.3) is 5.56 Å². The molecule has 0 spiro atoms. The molecule has 9 heteroatoms. The van der Waals surface area contributed by atoms with Crippen molar-refractivity contribution in [2.75, 3.05) is 13.2 Å². The largest absolute Gasteiger partial charge is 0.394 e. The zero-order valence-corrected chi connectivity index (χ0v) is 12.9. The third-order valence-electron chi connectivity index (χ3n) is 3.83. The summed E-state index contributed by atoms with van der Waals surface area (Å²) in [7, 11) is 0. The molecule has 9 nitrogen and oxygen atoms in total. The number of hydrogen-bond donors (Lipinski definition) is 4. The van der Waals surface area contributed by atoms with Crippen LogP contribution in [0.3, 0.4) is 0 Å². The van der Waals surface area contributed by atoms with Crippen molar-refractivity contribution in [3.63, 3.8) is 0 Å². The van der Waals surface area contributed by atoms with Crippen molar-refractivity contribution < 1.29 is 14.6 Å². The number of ether oxygens (including phenoxy) is 1. The van der Waals surface area contributed by atoms with Gasteiger partial charge in [-0.15, -0.1) is 0 Å². The average Bonchev–Trinajstić information content (AvgIpc) is 2.91. The molecule has 1 amide bonds. The molecule has 3 atom stereocenters. The molecule has 1 aromatic heterocycles. The maximum Gasteiger partial charge on any atom is 0.330 e. The summed E-state index contributed by atoms with van der Waals surface area (Å²) in [6.45, 7) is 1.72. The number of hydrogen-bond acceptors (Lipinski definition) is 6. The van der Waals surface area contributed by atoms with Crippen LogP contribution in [0.4, 0.5) is 0 Å². The van der Waals surface area contributed by atoms with Crippen LogP contribution in [0.2, 0.25) is 0 Å². The third-order valence-corrected chi connectivity index (χ3v) is 3.83. The zero-order valence-electron chi connectivity index (χ0n) is 12.9. The molecule has 0 bridgehead atoms. The highest BCUT2D eigenvalue weighted by Crippen LogP contribution is 2.27. The number of aliphatic hydroxyl groups is 1. The fraction of sp³-hybridized carbons (Fsp3) is 0.643. The number of nitrogens with two attached hydrogens (primary N) is 1. The van der Waals surface area contributed by atoms with Crippen LogP contribution in [0.15, 0.2) is 15.8 Å². The van der Waals surface area contributed by atoms with Crippen molar-refractivity contribution in [2.24, 2.45) is 5.73 Å². The van der Waals surface area contributed by atoms with Crippen molar-refractivity contribution in [2.45, 2.75) is 44.6 Å². The lowest BCUT2D eigenvalue weighted by molar-refractivity contribution is -0.122. The van der Waals surface area contributed by atoms with Crippen molar-refractivity contribution >= 4 is 5.91 Å². The van der Waals surface area contributed by atoms with Crippen LogP contribution in [-0.4, -0.2) is 45.9 Å². The number of rotatable bonds is 6. The molecule has 0 radical (unpaired) electrons. The second-order valence-electron chi connectivity index (χ2n) is 5.59. The molecule has 2 heterocycles. The minimum atomic E-state index is -0.657. The molecule has 1 aliphatic rings. The van der Waals surface area contributed by atoms with Gasteiger partial charge in [0.05, 0.1) is 12.6 Å². The summed E-state index contributed by atoms with van der Waals surface area (Å²) >= 11 is 0. The van der Waals surface area contributed by atoms with Crippen LogP contribution in [0, 0.1) is 6.92 Å². The highest BCUT2D eigenvalue weighted by atomic mass is 16.5. The number of carbonyl (C=O) groups is 1. The van der Waals surface area contributed by atoms with E-state index < -0.39 is 29.6 Å². The predicted octanol–water partition coefficient (Wildman–Crippen LogP) is -1.65. The Morgan fingerprint density at radius 2 is 2.30 bits per heavy atom. The Morgan fingerprint density at radius 3 is 2.96 bits per heavy atom. The first kappa shape index (κ1) is 17.4. The van der Waals surface area contributed by atoms with Crippen LogP contribution < -0.4 is 22.3 Å². The van der Waals surface area contributed by atoms with Gasteiger partial charge in [0.2, 0.25) is 5.91 Å². The zero-order chi connectivity index (χ0) is 17.0. The van der Waals surface area contributed by atoms with Gasteiger partial charge in [0.15, 0.2) is 0 Å². The second-order valence-corrected chi connectivity index (χ2v) is 5.59. The molecule has 1 saturated heterocycles. The Labute approximate surface area is 132 Å². The van der Waals surface area contributed by atoms with Crippen molar-refractivity contribution in [3.8, 4) is 0 Å². The average molecular weight is 326 g/mol. The van der Waals surface area contributed by atoms with Crippen LogP contribution >= 0.6 is 0 Å². The van der Waals surface area contributed by atoms with Crippen molar-refractivity contribution in [1.29, 1.82) is 0 Å². The molecule has 0 unspecified atom stereocenters. The molecule has 23 heavy (non-hydrogen) atoms. The van der Waals surface area contributed by atoms with Gasteiger partial charge in [0.1, 0.15) is 12.3 Å². The number of aryl methyl sites for hydroxylation is 1. The van der Waals surface area contributed by atoms with E-state index in [4.69, 9.17) is 10.5 Å². The first-order valence-corrected chi connectivity index (χ1v) is 7.54. The van der Waals surface area contributed by atoms with Crippen LogP contribution in [0.5, 0.6) is 0 Å². The Balaban J connectivity index is 2.12. The van der Waals surface area contributed by atoms with Crippen LogP contribution in [-0.2, 0) is 9.53 Å². The van der Waals surface area contributed by atoms with E-state index in [-0.39, 0.29) is 12.5 Å². The fourth-order valence-corrected chi connectivity index (χ4v) is 2.56. The summed E-state index contributed by atoms with van der Waals surface area (Å²) in [5, 5.41) is 12.2. The number of carbonyl (C=O) groups excluding carboxylic acids is 1. The Hall–Kier alpha value is -1.97. The normalized spacial score (nSPS) is 23.9. The van der Waals surface area contributed by atoms with Crippen LogP contribution in [0.25, 0.3) is 0 Å². The third kappa shape index (κ3) is 4.06. The highest BCUT2D eigenvalue weighted by Gasteiger charge is 2.37. The summed E-state index contributed by atoms with van der Waals surface area (Å²) in [6, 6.07) is -0.408. The number of aromatic nitrogens is 2. The van der Waals surface area contributed by atoms with E-state index >= 15 is 0 Å². The Kier molecular flexibility index (Phi) is 5.69. The van der Waals surface area contributed by atoms with Crippen LogP contribution in [0.1, 0.15) is 31.1 Å². The summed E-state index contributed by atoms with van der Waals surface area (Å²) in [6.07, 6.45) is 1.35. The lowest BCUT2D eigenvalue weighted by Crippen LogP contribution is -2.42. The van der Waals surface area contributed by atoms with E-state index in [9.17, 15) is 19.5 Å². The van der Waals surface area contributed by atoms with E-state index in [1.807, 2.05) is 0 Å². The van der Waals surface area contributed by atoms with Gasteiger partial charge in [-0.25, -0.2) is 4.79 Å². The molecular weight excluding hydrogens is 304 g/mol. The number of aromatic amines is 1. The molecule has 1 aliphatic heterocycles. The highest BCUT2D eigenvalue weighted by molar-refractivity contribution is 5.76. The van der Waals surface area contributed by atoms with Gasteiger partial charge in [-0.3, -0.25) is 19.1 Å². The smallest absolute Gasteiger partial charge is 0.330 e. The monoisotopic (exact) mass is 326 g/mol. The molecule has 1 aromatic rings. The molecule has 2 rings (SSSR count). The molecule has 1 fully saturated rings. The standard InChI is InChI=1S/C14H22N4O5/c1-8-6-18(14(22)17-13(8)21)12-5-9(10(7-19)23-12)16-11(20)3-2-4-15/h6,9-10,12,19H,2-5,7,15H2,1H3,(H,16,20)(H,17,21,22)/t9-,10+,12+/m0/s1. The molecule has 0 aromatic carbocycles. The number of aliphatic hydroxyl groups excluding tert-OH is 1. The van der Waals surface area contributed by atoms with E-state index in [1.165, 1.54) is 10.8 Å². The Morgan fingerprint density at radius 1 is 1.57 bits per heavy atom. The number of H-pyrrole nitrogens is 1. The quantitative estimate of drug-likeness (QED) is 0.494. The second kappa shape index (κ2) is 7.53. The van der Waals surface area contributed by atoms with E-state index in [2.05, 4.69) is 10.3 Å². The summed E-state index contributed by atoms with van der Waals surface area (Å²) in [4.78, 5) is 37.3. The fourth-order valence-electron chi connectivity index (χ4n) is 2.56. The van der Waals surface area contributed by atoms with Gasteiger partial charge in [-0.2, -0.15) is 0 Å². The first-order chi connectivity index (χ1) is 11.0. The van der Waals surface area contributed by atoms with E-state index in [0.29, 0.717) is 31.4 Å². The van der Waals surface area contributed by atoms with Gasteiger partial charge in [-0.1, -0.05) is 0 Å². The predicted molar refractivity (Wildman–Crippen MR) is 81.9 cm³/mol. The van der Waals surface area contributed by atoms with Gasteiger partial charge < -0.3 is 20.9 Å². The van der Waals surface area contributed by atoms with Crippen molar-refractivity contribution in [1.82, 2.24) is 14.9 Å². The maximum absolute atomic E-state index is 11.9. The minimum absolute atomic E-state index is 0.173. The van der Waals surface area contributed by atoms with E-state index in [1.54, 1.807) is 6.92 Å². The summed E-state index contributed by atoms with van der Waals surface area (Å²) in [5.74, 6) is -0.173. The number of nitrogens with zero attached hydrogens (tertiary/aromatic N) is 1. The molecule has 0 saturated carbocycles. The molecule has 5 N–H and O–H groups in total. The lowest BCUT2D eigenvalue weighted by atomic mass is 10.1. The van der Waals surface area contributed by atoms with Gasteiger partial charge >= 0.3 is 5.69 Å². The molecule has 0 aliphatic carbocycles. The maximum atomic E-state index is 11.9. The Bertz CT molecular complexity index is 668. The summed E-state index contributed by atoms with van der Waals surface area (Å²) in [5.41, 5.74) is 4.71. The summed E-state index contributed by atoms with van der Waals surface area (Å²) < 4.78 is 6.91. The SMILES string of the molecule is Cc1cn([C@H]2C[C@H](NC(=O)CCCN)[C@@H](CO)O2)c(=O)[nH]c1=O. The lowest BCUT2D eigenvalue weighted by Gasteiger charge is -2.17. The number of amides is 1. The van der Waals surface area contributed by atoms with Gasteiger partial charge in [0, 0.05) is 24.6 Å². The first-order valence-electron chi connectivity index (χ1n) is 7.54. The van der Waals surface area contributed by atoms with Gasteiger partial charge in [-0.05, 0) is 19.9 Å². The van der Waals surface area contributed by atoms with Crippen molar-refractivity contribution in [3.05, 3.63) is 32.6 Å². The molecule has 128 valence electrons. The molecular formula is C14H22N4O5. The minimum Gasteiger partial charge on any atom is -0.394 e.